The van der Waals surface area contributed by atoms with Gasteiger partial charge in [0, 0.05) is 38.1 Å². The Balaban J connectivity index is 1.14. The summed E-state index contributed by atoms with van der Waals surface area (Å²) >= 11 is 0. The van der Waals surface area contributed by atoms with Crippen LogP contribution in [0.1, 0.15) is 52.2 Å². The topological polar surface area (TPSA) is 52.6 Å². The van der Waals surface area contributed by atoms with Gasteiger partial charge in [-0.1, -0.05) is 36.4 Å². The average Bonchev–Trinajstić information content (AvgIpc) is 3.63. The fraction of sp³-hybridized carbons (Fsp3) is 0.458. The Morgan fingerprint density at radius 1 is 1.14 bits per heavy atom. The van der Waals surface area contributed by atoms with Gasteiger partial charge in [0.2, 0.25) is 0 Å². The zero-order valence-electron chi connectivity index (χ0n) is 16.2. The lowest BCUT2D eigenvalue weighted by Crippen LogP contribution is -2.39. The molecule has 2 N–H and O–H groups in total. The summed E-state index contributed by atoms with van der Waals surface area (Å²) in [5, 5.41) is 13.0. The van der Waals surface area contributed by atoms with Crippen molar-refractivity contribution in [2.24, 2.45) is 5.41 Å². The van der Waals surface area contributed by atoms with Gasteiger partial charge in [0.25, 0.3) is 0 Å². The second kappa shape index (κ2) is 7.02. The second-order valence-corrected chi connectivity index (χ2v) is 8.99. The van der Waals surface area contributed by atoms with Gasteiger partial charge >= 0.3 is 5.97 Å². The third-order valence-electron chi connectivity index (χ3n) is 6.82. The van der Waals surface area contributed by atoms with Crippen LogP contribution in [0.2, 0.25) is 0 Å². The third kappa shape index (κ3) is 3.71. The van der Waals surface area contributed by atoms with Crippen molar-refractivity contribution >= 4 is 5.97 Å². The number of nitrogens with zero attached hydrogens (tertiary/aromatic N) is 1. The molecule has 0 bridgehead atoms. The van der Waals surface area contributed by atoms with Gasteiger partial charge in [-0.05, 0) is 59.9 Å². The zero-order chi connectivity index (χ0) is 19.1. The largest absolute Gasteiger partial charge is 0.478 e. The van der Waals surface area contributed by atoms with E-state index in [-0.39, 0.29) is 0 Å². The molecule has 4 heteroatoms. The maximum Gasteiger partial charge on any atom is 0.335 e. The van der Waals surface area contributed by atoms with Crippen molar-refractivity contribution in [1.29, 1.82) is 0 Å². The number of benzene rings is 2. The molecular formula is C24H28N2O2. The highest BCUT2D eigenvalue weighted by atomic mass is 16.4. The predicted molar refractivity (Wildman–Crippen MR) is 110 cm³/mol. The molecule has 2 aliphatic carbocycles. The summed E-state index contributed by atoms with van der Waals surface area (Å²) in [5.41, 5.74) is 4.84. The van der Waals surface area contributed by atoms with Gasteiger partial charge in [-0.3, -0.25) is 4.90 Å². The first-order valence-electron chi connectivity index (χ1n) is 10.5. The molecule has 4 nitrogen and oxygen atoms in total. The minimum Gasteiger partial charge on any atom is -0.478 e. The van der Waals surface area contributed by atoms with Crippen LogP contribution >= 0.6 is 0 Å². The number of rotatable bonds is 7. The van der Waals surface area contributed by atoms with E-state index in [2.05, 4.69) is 40.5 Å². The molecule has 3 aliphatic rings. The number of hydrogen-bond donors (Lipinski definition) is 2. The number of fused-ring (bicyclic) bond motifs is 1. The lowest BCUT2D eigenvalue weighted by atomic mass is 9.96. The van der Waals surface area contributed by atoms with E-state index in [1.807, 2.05) is 12.1 Å². The van der Waals surface area contributed by atoms with Crippen LogP contribution in [0.5, 0.6) is 0 Å². The van der Waals surface area contributed by atoms with E-state index >= 15 is 0 Å². The fourth-order valence-corrected chi connectivity index (χ4v) is 4.76. The van der Waals surface area contributed by atoms with E-state index in [0.29, 0.717) is 22.9 Å². The number of hydrogen-bond acceptors (Lipinski definition) is 3. The maximum atomic E-state index is 11.2. The summed E-state index contributed by atoms with van der Waals surface area (Å²) in [6.45, 7) is 4.27. The third-order valence-corrected chi connectivity index (χ3v) is 6.82. The smallest absolute Gasteiger partial charge is 0.335 e. The number of carboxylic acids is 1. The molecule has 2 fully saturated rings. The summed E-state index contributed by atoms with van der Waals surface area (Å²) in [4.78, 5) is 13.7. The lowest BCUT2D eigenvalue weighted by Gasteiger charge is -2.32. The van der Waals surface area contributed by atoms with E-state index in [4.69, 9.17) is 0 Å². The highest BCUT2D eigenvalue weighted by Gasteiger charge is 2.46. The molecule has 0 saturated heterocycles. The van der Waals surface area contributed by atoms with Crippen molar-refractivity contribution in [3.8, 4) is 0 Å². The van der Waals surface area contributed by atoms with Crippen LogP contribution in [0.15, 0.2) is 48.5 Å². The Hall–Kier alpha value is -2.17. The minimum absolute atomic E-state index is 0.410. The summed E-state index contributed by atoms with van der Waals surface area (Å²) in [6, 6.07) is 17.1. The monoisotopic (exact) mass is 376 g/mol. The summed E-state index contributed by atoms with van der Waals surface area (Å²) in [5.74, 6) is -0.135. The second-order valence-electron chi connectivity index (χ2n) is 8.99. The SMILES string of the molecule is O=C(O)c1ccc2c(c1)CCN(CC1(CN[C@H]3C[C@@H]3c3ccccc3)CC1)C2. The van der Waals surface area contributed by atoms with Crippen molar-refractivity contribution in [2.75, 3.05) is 19.6 Å². The summed E-state index contributed by atoms with van der Waals surface area (Å²) in [7, 11) is 0. The van der Waals surface area contributed by atoms with E-state index in [1.54, 1.807) is 6.07 Å². The van der Waals surface area contributed by atoms with Gasteiger partial charge in [0.15, 0.2) is 0 Å². The molecule has 146 valence electrons. The van der Waals surface area contributed by atoms with Gasteiger partial charge in [-0.25, -0.2) is 4.79 Å². The molecule has 2 aromatic rings. The van der Waals surface area contributed by atoms with Gasteiger partial charge in [-0.2, -0.15) is 0 Å². The van der Waals surface area contributed by atoms with Crippen LogP contribution in [0, 0.1) is 5.41 Å². The lowest BCUT2D eigenvalue weighted by molar-refractivity contribution is 0.0696. The van der Waals surface area contributed by atoms with E-state index < -0.39 is 5.97 Å². The molecule has 0 radical (unpaired) electrons. The molecule has 0 spiro atoms. The number of nitrogens with one attached hydrogen (secondary N) is 1. The molecule has 2 aromatic carbocycles. The molecule has 0 amide bonds. The highest BCUT2D eigenvalue weighted by Crippen LogP contribution is 2.48. The molecule has 1 aliphatic heterocycles. The predicted octanol–water partition coefficient (Wildman–Crippen LogP) is 3.67. The van der Waals surface area contributed by atoms with Gasteiger partial charge < -0.3 is 10.4 Å². The van der Waals surface area contributed by atoms with Crippen molar-refractivity contribution < 1.29 is 9.90 Å². The maximum absolute atomic E-state index is 11.2. The molecule has 2 atom stereocenters. The number of aromatic carboxylic acids is 1. The van der Waals surface area contributed by atoms with Crippen molar-refractivity contribution in [3.63, 3.8) is 0 Å². The van der Waals surface area contributed by atoms with Crippen LogP contribution in [-0.2, 0) is 13.0 Å². The van der Waals surface area contributed by atoms with Crippen LogP contribution in [0.25, 0.3) is 0 Å². The van der Waals surface area contributed by atoms with E-state index in [0.717, 1.165) is 32.6 Å². The van der Waals surface area contributed by atoms with E-state index in [9.17, 15) is 9.90 Å². The average molecular weight is 377 g/mol. The first-order valence-corrected chi connectivity index (χ1v) is 10.5. The molecule has 28 heavy (non-hydrogen) atoms. The first-order chi connectivity index (χ1) is 13.6. The Kier molecular flexibility index (Phi) is 4.48. The Morgan fingerprint density at radius 3 is 2.71 bits per heavy atom. The van der Waals surface area contributed by atoms with E-state index in [1.165, 1.54) is 36.0 Å². The summed E-state index contributed by atoms with van der Waals surface area (Å²) < 4.78 is 0. The standard InChI is InChI=1S/C24H28N2O2/c27-23(28)19-6-7-20-14-26(11-8-18(20)12-19)16-24(9-10-24)15-25-22-13-21(22)17-4-2-1-3-5-17/h1-7,12,21-22,25H,8-11,13-16H2,(H,27,28)/t21-,22+/m1/s1. The van der Waals surface area contributed by atoms with Crippen LogP contribution in [-0.4, -0.2) is 41.7 Å². The normalized spacial score (nSPS) is 25.1. The van der Waals surface area contributed by atoms with Crippen LogP contribution in [0.4, 0.5) is 0 Å². The fourth-order valence-electron chi connectivity index (χ4n) is 4.76. The summed E-state index contributed by atoms with van der Waals surface area (Å²) in [6.07, 6.45) is 4.87. The molecule has 2 saturated carbocycles. The Labute approximate surface area is 166 Å². The Morgan fingerprint density at radius 2 is 1.96 bits per heavy atom. The molecule has 0 aromatic heterocycles. The van der Waals surface area contributed by atoms with Gasteiger partial charge in [0.1, 0.15) is 0 Å². The van der Waals surface area contributed by atoms with Gasteiger partial charge in [-0.15, -0.1) is 0 Å². The van der Waals surface area contributed by atoms with Crippen molar-refractivity contribution in [1.82, 2.24) is 10.2 Å². The number of carboxylic acid groups (broad SMARTS) is 1. The Bertz CT molecular complexity index is 875. The van der Waals surface area contributed by atoms with Crippen molar-refractivity contribution in [3.05, 3.63) is 70.8 Å². The van der Waals surface area contributed by atoms with Crippen LogP contribution < -0.4 is 5.32 Å². The minimum atomic E-state index is -0.831. The quantitative estimate of drug-likeness (QED) is 0.774. The van der Waals surface area contributed by atoms with Crippen LogP contribution in [0.3, 0.4) is 0 Å². The first kappa shape index (κ1) is 17.9. The highest BCUT2D eigenvalue weighted by molar-refractivity contribution is 5.87. The molecular weight excluding hydrogens is 348 g/mol. The molecule has 1 heterocycles. The van der Waals surface area contributed by atoms with Crippen molar-refractivity contribution in [2.45, 2.75) is 44.2 Å². The number of carbonyl (C=O) groups is 1. The molecule has 5 rings (SSSR count). The molecule has 0 unspecified atom stereocenters. The van der Waals surface area contributed by atoms with Gasteiger partial charge in [0.05, 0.1) is 5.56 Å². The zero-order valence-corrected chi connectivity index (χ0v) is 16.2.